The highest BCUT2D eigenvalue weighted by atomic mass is 32.2. The van der Waals surface area contributed by atoms with Crippen molar-refractivity contribution in [1.82, 2.24) is 0 Å². The number of aryl methyl sites for hydroxylation is 1. The molecule has 0 saturated carbocycles. The summed E-state index contributed by atoms with van der Waals surface area (Å²) in [7, 11) is -3.67. The minimum Gasteiger partial charge on any atom is -0.279 e. The van der Waals surface area contributed by atoms with Gasteiger partial charge >= 0.3 is 0 Å². The number of nitriles is 1. The SMILES string of the molecule is CC/C(=C/C#N)c1ccccc1NS(=O)(=O)c1ccc(C)cc1. The van der Waals surface area contributed by atoms with E-state index in [1.165, 1.54) is 6.08 Å². The number of benzene rings is 2. The van der Waals surface area contributed by atoms with Gasteiger partial charge in [-0.3, -0.25) is 4.72 Å². The lowest BCUT2D eigenvalue weighted by atomic mass is 10.0. The van der Waals surface area contributed by atoms with E-state index >= 15 is 0 Å². The second-order valence-corrected chi connectivity index (χ2v) is 6.80. The Morgan fingerprint density at radius 1 is 1.17 bits per heavy atom. The first-order chi connectivity index (χ1) is 11.0. The first kappa shape index (κ1) is 16.8. The van der Waals surface area contributed by atoms with Gasteiger partial charge in [-0.2, -0.15) is 5.26 Å². The van der Waals surface area contributed by atoms with Crippen LogP contribution in [0, 0.1) is 18.3 Å². The van der Waals surface area contributed by atoms with E-state index in [0.717, 1.165) is 11.1 Å². The molecule has 0 unspecified atom stereocenters. The van der Waals surface area contributed by atoms with Gasteiger partial charge in [0.05, 0.1) is 16.7 Å². The highest BCUT2D eigenvalue weighted by Gasteiger charge is 2.16. The number of anilines is 1. The summed E-state index contributed by atoms with van der Waals surface area (Å²) in [6.07, 6.45) is 2.08. The lowest BCUT2D eigenvalue weighted by molar-refractivity contribution is 0.601. The van der Waals surface area contributed by atoms with Gasteiger partial charge in [-0.25, -0.2) is 8.42 Å². The fraction of sp³-hybridized carbons (Fsp3) is 0.167. The van der Waals surface area contributed by atoms with E-state index in [4.69, 9.17) is 5.26 Å². The Labute approximate surface area is 137 Å². The molecule has 0 spiro atoms. The molecule has 4 nitrogen and oxygen atoms in total. The molecule has 0 aliphatic heterocycles. The number of sulfonamides is 1. The molecule has 23 heavy (non-hydrogen) atoms. The fourth-order valence-electron chi connectivity index (χ4n) is 2.22. The maximum absolute atomic E-state index is 12.5. The van der Waals surface area contributed by atoms with Crippen molar-refractivity contribution in [3.8, 4) is 6.07 Å². The van der Waals surface area contributed by atoms with Crippen LogP contribution >= 0.6 is 0 Å². The number of para-hydroxylation sites is 1. The van der Waals surface area contributed by atoms with E-state index in [-0.39, 0.29) is 4.90 Å². The Kier molecular flexibility index (Phi) is 5.20. The molecule has 0 amide bonds. The number of rotatable bonds is 5. The summed E-state index contributed by atoms with van der Waals surface area (Å²) in [5.74, 6) is 0. The van der Waals surface area contributed by atoms with Gasteiger partial charge in [-0.05, 0) is 37.1 Å². The van der Waals surface area contributed by atoms with Gasteiger partial charge in [0, 0.05) is 11.6 Å². The van der Waals surface area contributed by atoms with Gasteiger partial charge in [0.1, 0.15) is 0 Å². The molecule has 0 bridgehead atoms. The predicted octanol–water partition coefficient (Wildman–Crippen LogP) is 4.11. The summed E-state index contributed by atoms with van der Waals surface area (Å²) in [4.78, 5) is 0.209. The zero-order valence-electron chi connectivity index (χ0n) is 13.1. The molecule has 0 heterocycles. The summed E-state index contributed by atoms with van der Waals surface area (Å²) in [5, 5.41) is 8.89. The number of nitrogens with one attached hydrogen (secondary N) is 1. The summed E-state index contributed by atoms with van der Waals surface area (Å²) in [6, 6.07) is 15.8. The molecule has 2 rings (SSSR count). The van der Waals surface area contributed by atoms with Crippen molar-refractivity contribution >= 4 is 21.3 Å². The van der Waals surface area contributed by atoms with Crippen LogP contribution in [0.25, 0.3) is 5.57 Å². The first-order valence-corrected chi connectivity index (χ1v) is 8.74. The maximum atomic E-state index is 12.5. The van der Waals surface area contributed by atoms with Crippen molar-refractivity contribution in [2.75, 3.05) is 4.72 Å². The van der Waals surface area contributed by atoms with E-state index in [2.05, 4.69) is 4.72 Å². The smallest absolute Gasteiger partial charge is 0.261 e. The first-order valence-electron chi connectivity index (χ1n) is 7.25. The van der Waals surface area contributed by atoms with Crippen molar-refractivity contribution in [2.24, 2.45) is 0 Å². The van der Waals surface area contributed by atoms with Crippen LogP contribution in [0.2, 0.25) is 0 Å². The number of allylic oxidation sites excluding steroid dienone is 2. The van der Waals surface area contributed by atoms with Crippen molar-refractivity contribution in [3.05, 3.63) is 65.7 Å². The Morgan fingerprint density at radius 2 is 1.83 bits per heavy atom. The summed E-state index contributed by atoms with van der Waals surface area (Å²) >= 11 is 0. The van der Waals surface area contributed by atoms with Crippen LogP contribution in [0.15, 0.2) is 59.5 Å². The van der Waals surface area contributed by atoms with Gasteiger partial charge in [0.25, 0.3) is 10.0 Å². The molecule has 118 valence electrons. The largest absolute Gasteiger partial charge is 0.279 e. The Bertz CT molecular complexity index is 861. The van der Waals surface area contributed by atoms with Crippen molar-refractivity contribution in [1.29, 1.82) is 5.26 Å². The molecule has 0 aliphatic carbocycles. The second kappa shape index (κ2) is 7.12. The van der Waals surface area contributed by atoms with E-state index < -0.39 is 10.0 Å². The molecule has 0 fully saturated rings. The highest BCUT2D eigenvalue weighted by molar-refractivity contribution is 7.92. The molecule has 2 aromatic rings. The van der Waals surface area contributed by atoms with Crippen molar-refractivity contribution < 1.29 is 8.42 Å². The summed E-state index contributed by atoms with van der Waals surface area (Å²) in [6.45, 7) is 3.83. The minimum absolute atomic E-state index is 0.209. The number of nitrogens with zero attached hydrogens (tertiary/aromatic N) is 1. The molecule has 0 radical (unpaired) electrons. The monoisotopic (exact) mass is 326 g/mol. The Morgan fingerprint density at radius 3 is 2.43 bits per heavy atom. The van der Waals surface area contributed by atoms with Gasteiger partial charge in [0.15, 0.2) is 0 Å². The van der Waals surface area contributed by atoms with Gasteiger partial charge < -0.3 is 0 Å². The van der Waals surface area contributed by atoms with Crippen molar-refractivity contribution in [3.63, 3.8) is 0 Å². The molecular weight excluding hydrogens is 308 g/mol. The zero-order chi connectivity index (χ0) is 16.9. The van der Waals surface area contributed by atoms with E-state index in [0.29, 0.717) is 17.7 Å². The third-order valence-corrected chi connectivity index (χ3v) is 4.85. The van der Waals surface area contributed by atoms with Crippen LogP contribution in [-0.2, 0) is 10.0 Å². The van der Waals surface area contributed by atoms with E-state index in [9.17, 15) is 8.42 Å². The predicted molar refractivity (Wildman–Crippen MR) is 92.3 cm³/mol. The normalized spacial score (nSPS) is 11.8. The van der Waals surface area contributed by atoms with Crippen LogP contribution in [-0.4, -0.2) is 8.42 Å². The van der Waals surface area contributed by atoms with Crippen LogP contribution in [0.1, 0.15) is 24.5 Å². The molecular formula is C18H18N2O2S. The summed E-state index contributed by atoms with van der Waals surface area (Å²) < 4.78 is 27.7. The highest BCUT2D eigenvalue weighted by Crippen LogP contribution is 2.28. The molecule has 5 heteroatoms. The Balaban J connectivity index is 2.43. The van der Waals surface area contributed by atoms with Crippen LogP contribution in [0.5, 0.6) is 0 Å². The molecule has 0 saturated heterocycles. The van der Waals surface area contributed by atoms with Gasteiger partial charge in [-0.1, -0.05) is 42.8 Å². The topological polar surface area (TPSA) is 70.0 Å². The van der Waals surface area contributed by atoms with Crippen LogP contribution in [0.4, 0.5) is 5.69 Å². The third kappa shape index (κ3) is 3.99. The fourth-order valence-corrected chi connectivity index (χ4v) is 3.30. The van der Waals surface area contributed by atoms with Crippen molar-refractivity contribution in [2.45, 2.75) is 25.2 Å². The van der Waals surface area contributed by atoms with E-state index in [1.807, 2.05) is 26.0 Å². The number of hydrogen-bond donors (Lipinski definition) is 1. The van der Waals surface area contributed by atoms with Gasteiger partial charge in [-0.15, -0.1) is 0 Å². The second-order valence-electron chi connectivity index (χ2n) is 5.12. The quantitative estimate of drug-likeness (QED) is 0.840. The molecule has 2 aromatic carbocycles. The molecule has 0 aromatic heterocycles. The summed E-state index contributed by atoms with van der Waals surface area (Å²) in [5.41, 5.74) is 2.97. The van der Waals surface area contributed by atoms with Crippen LogP contribution in [0.3, 0.4) is 0 Å². The molecule has 0 aliphatic rings. The standard InChI is InChI=1S/C18H18N2O2S/c1-3-15(12-13-19)17-6-4-5-7-18(17)20-23(21,22)16-10-8-14(2)9-11-16/h4-12,20H,3H2,1-2H3/b15-12-. The van der Waals surface area contributed by atoms with Crippen LogP contribution < -0.4 is 4.72 Å². The zero-order valence-corrected chi connectivity index (χ0v) is 13.9. The lowest BCUT2D eigenvalue weighted by Gasteiger charge is -2.14. The lowest BCUT2D eigenvalue weighted by Crippen LogP contribution is -2.14. The minimum atomic E-state index is -3.67. The van der Waals surface area contributed by atoms with E-state index in [1.54, 1.807) is 42.5 Å². The average molecular weight is 326 g/mol. The Hall–Kier alpha value is -2.58. The molecule has 0 atom stereocenters. The maximum Gasteiger partial charge on any atom is 0.261 e. The average Bonchev–Trinajstić information content (AvgIpc) is 2.53. The number of hydrogen-bond acceptors (Lipinski definition) is 3. The molecule has 1 N–H and O–H groups in total. The van der Waals surface area contributed by atoms with Gasteiger partial charge in [0.2, 0.25) is 0 Å². The third-order valence-electron chi connectivity index (χ3n) is 3.47.